The Morgan fingerprint density at radius 1 is 1.12 bits per heavy atom. The summed E-state index contributed by atoms with van der Waals surface area (Å²) in [4.78, 5) is 13.0. The second-order valence-corrected chi connectivity index (χ2v) is 5.73. The van der Waals surface area contributed by atoms with Crippen molar-refractivity contribution in [3.05, 3.63) is 63.7 Å². The second-order valence-electron chi connectivity index (χ2n) is 5.73. The van der Waals surface area contributed by atoms with E-state index in [1.54, 1.807) is 19.2 Å². The molecule has 2 rings (SSSR count). The van der Waals surface area contributed by atoms with Crippen LogP contribution in [0.25, 0.3) is 0 Å². The lowest BCUT2D eigenvalue weighted by Crippen LogP contribution is -2.22. The SMILES string of the molecule is CCN(CC)Cc1ccccc1NCc1cc([N+](=O)[O-])ccc1OC. The minimum atomic E-state index is -0.392. The zero-order valence-electron chi connectivity index (χ0n) is 15.0. The van der Waals surface area contributed by atoms with Gasteiger partial charge in [-0.15, -0.1) is 0 Å². The number of methoxy groups -OCH3 is 1. The number of ether oxygens (including phenoxy) is 1. The maximum Gasteiger partial charge on any atom is 0.270 e. The fourth-order valence-corrected chi connectivity index (χ4v) is 2.73. The Morgan fingerprint density at radius 3 is 2.48 bits per heavy atom. The van der Waals surface area contributed by atoms with Gasteiger partial charge in [-0.05, 0) is 30.8 Å². The van der Waals surface area contributed by atoms with E-state index in [4.69, 9.17) is 4.74 Å². The van der Waals surface area contributed by atoms with Gasteiger partial charge in [0.25, 0.3) is 5.69 Å². The number of non-ortho nitro benzene ring substituents is 1. The number of rotatable bonds is 9. The molecule has 0 spiro atoms. The fraction of sp³-hybridized carbons (Fsp3) is 0.368. The lowest BCUT2D eigenvalue weighted by atomic mass is 10.1. The van der Waals surface area contributed by atoms with E-state index in [-0.39, 0.29) is 5.69 Å². The van der Waals surface area contributed by atoms with Crippen molar-refractivity contribution in [1.29, 1.82) is 0 Å². The van der Waals surface area contributed by atoms with Crippen LogP contribution in [-0.4, -0.2) is 30.0 Å². The maximum atomic E-state index is 11.0. The summed E-state index contributed by atoms with van der Waals surface area (Å²) in [5, 5.41) is 14.4. The summed E-state index contributed by atoms with van der Waals surface area (Å²) >= 11 is 0. The smallest absolute Gasteiger partial charge is 0.270 e. The number of nitro groups is 1. The summed E-state index contributed by atoms with van der Waals surface area (Å²) < 4.78 is 5.33. The standard InChI is InChI=1S/C19H25N3O3/c1-4-21(5-2)14-15-8-6-7-9-18(15)20-13-16-12-17(22(23)24)10-11-19(16)25-3/h6-12,20H,4-5,13-14H2,1-3H3. The van der Waals surface area contributed by atoms with Gasteiger partial charge >= 0.3 is 0 Å². The first-order valence-electron chi connectivity index (χ1n) is 8.44. The highest BCUT2D eigenvalue weighted by Gasteiger charge is 2.12. The van der Waals surface area contributed by atoms with E-state index >= 15 is 0 Å². The minimum Gasteiger partial charge on any atom is -0.496 e. The molecular formula is C19H25N3O3. The minimum absolute atomic E-state index is 0.0639. The molecule has 0 unspecified atom stereocenters. The van der Waals surface area contributed by atoms with Gasteiger partial charge in [0.1, 0.15) is 5.75 Å². The summed E-state index contributed by atoms with van der Waals surface area (Å²) in [5.41, 5.74) is 3.06. The molecule has 2 aromatic rings. The number of nitrogens with one attached hydrogen (secondary N) is 1. The molecule has 0 aliphatic carbocycles. The predicted octanol–water partition coefficient (Wildman–Crippen LogP) is 4.06. The summed E-state index contributed by atoms with van der Waals surface area (Å²) in [5.74, 6) is 0.638. The molecule has 2 aromatic carbocycles. The second kappa shape index (κ2) is 9.03. The molecule has 0 fully saturated rings. The normalized spacial score (nSPS) is 10.7. The van der Waals surface area contributed by atoms with Gasteiger partial charge in [-0.2, -0.15) is 0 Å². The Balaban J connectivity index is 2.19. The predicted molar refractivity (Wildman–Crippen MR) is 100 cm³/mol. The van der Waals surface area contributed by atoms with Gasteiger partial charge in [0.15, 0.2) is 0 Å². The third-order valence-electron chi connectivity index (χ3n) is 4.25. The van der Waals surface area contributed by atoms with Crippen molar-refractivity contribution in [2.75, 3.05) is 25.5 Å². The Labute approximate surface area is 148 Å². The van der Waals surface area contributed by atoms with Crippen LogP contribution in [0, 0.1) is 10.1 Å². The van der Waals surface area contributed by atoms with Gasteiger partial charge in [0.05, 0.1) is 12.0 Å². The van der Waals surface area contributed by atoms with Crippen molar-refractivity contribution in [1.82, 2.24) is 4.90 Å². The highest BCUT2D eigenvalue weighted by molar-refractivity contribution is 5.53. The molecule has 6 heteroatoms. The summed E-state index contributed by atoms with van der Waals surface area (Å²) in [6, 6.07) is 12.8. The van der Waals surface area contributed by atoms with Crippen LogP contribution in [0.4, 0.5) is 11.4 Å². The van der Waals surface area contributed by atoms with Crippen molar-refractivity contribution in [3.63, 3.8) is 0 Å². The third kappa shape index (κ3) is 4.93. The Hall–Kier alpha value is -2.60. The number of benzene rings is 2. The zero-order chi connectivity index (χ0) is 18.2. The highest BCUT2D eigenvalue weighted by Crippen LogP contribution is 2.26. The molecule has 0 atom stereocenters. The van der Waals surface area contributed by atoms with E-state index in [2.05, 4.69) is 30.1 Å². The monoisotopic (exact) mass is 343 g/mol. The molecule has 134 valence electrons. The Kier molecular flexibility index (Phi) is 6.77. The lowest BCUT2D eigenvalue weighted by Gasteiger charge is -2.21. The highest BCUT2D eigenvalue weighted by atomic mass is 16.6. The Bertz CT molecular complexity index is 715. The number of nitro benzene ring substituents is 1. The van der Waals surface area contributed by atoms with Crippen LogP contribution in [0.1, 0.15) is 25.0 Å². The van der Waals surface area contributed by atoms with E-state index in [0.29, 0.717) is 12.3 Å². The number of hydrogen-bond acceptors (Lipinski definition) is 5. The van der Waals surface area contributed by atoms with Crippen LogP contribution >= 0.6 is 0 Å². The van der Waals surface area contributed by atoms with Gasteiger partial charge in [-0.1, -0.05) is 32.0 Å². The average molecular weight is 343 g/mol. The first-order valence-corrected chi connectivity index (χ1v) is 8.44. The number of nitrogens with zero attached hydrogens (tertiary/aromatic N) is 2. The van der Waals surface area contributed by atoms with Gasteiger partial charge in [0, 0.05) is 36.5 Å². The molecule has 0 aliphatic heterocycles. The lowest BCUT2D eigenvalue weighted by molar-refractivity contribution is -0.384. The van der Waals surface area contributed by atoms with E-state index < -0.39 is 4.92 Å². The van der Waals surface area contributed by atoms with Crippen LogP contribution in [0.15, 0.2) is 42.5 Å². The van der Waals surface area contributed by atoms with Crippen molar-refractivity contribution in [3.8, 4) is 5.75 Å². The van der Waals surface area contributed by atoms with Crippen molar-refractivity contribution < 1.29 is 9.66 Å². The summed E-state index contributed by atoms with van der Waals surface area (Å²) in [6.07, 6.45) is 0. The molecule has 0 aliphatic rings. The average Bonchev–Trinajstić information content (AvgIpc) is 2.64. The van der Waals surface area contributed by atoms with E-state index in [0.717, 1.165) is 30.9 Å². The number of para-hydroxylation sites is 1. The fourth-order valence-electron chi connectivity index (χ4n) is 2.73. The van der Waals surface area contributed by atoms with E-state index in [1.807, 2.05) is 18.2 Å². The van der Waals surface area contributed by atoms with E-state index in [1.165, 1.54) is 11.6 Å². The largest absolute Gasteiger partial charge is 0.496 e. The number of anilines is 1. The van der Waals surface area contributed by atoms with Crippen LogP contribution < -0.4 is 10.1 Å². The quantitative estimate of drug-likeness (QED) is 0.549. The molecule has 0 radical (unpaired) electrons. The third-order valence-corrected chi connectivity index (χ3v) is 4.25. The molecule has 6 nitrogen and oxygen atoms in total. The van der Waals surface area contributed by atoms with Gasteiger partial charge in [0.2, 0.25) is 0 Å². The molecule has 0 amide bonds. The molecule has 0 saturated heterocycles. The molecular weight excluding hydrogens is 318 g/mol. The van der Waals surface area contributed by atoms with Gasteiger partial charge in [-0.3, -0.25) is 15.0 Å². The molecule has 1 N–H and O–H groups in total. The van der Waals surface area contributed by atoms with Crippen LogP contribution in [-0.2, 0) is 13.1 Å². The zero-order valence-corrected chi connectivity index (χ0v) is 15.0. The van der Waals surface area contributed by atoms with Crippen LogP contribution in [0.3, 0.4) is 0 Å². The van der Waals surface area contributed by atoms with Gasteiger partial charge < -0.3 is 10.1 Å². The molecule has 0 saturated carbocycles. The molecule has 0 aromatic heterocycles. The van der Waals surface area contributed by atoms with Crippen molar-refractivity contribution in [2.24, 2.45) is 0 Å². The first-order chi connectivity index (χ1) is 12.1. The summed E-state index contributed by atoms with van der Waals surface area (Å²) in [6.45, 7) is 7.59. The van der Waals surface area contributed by atoms with Crippen LogP contribution in [0.5, 0.6) is 5.75 Å². The van der Waals surface area contributed by atoms with Crippen molar-refractivity contribution >= 4 is 11.4 Å². The van der Waals surface area contributed by atoms with Crippen LogP contribution in [0.2, 0.25) is 0 Å². The Morgan fingerprint density at radius 2 is 1.84 bits per heavy atom. The maximum absolute atomic E-state index is 11.0. The molecule has 0 heterocycles. The molecule has 25 heavy (non-hydrogen) atoms. The topological polar surface area (TPSA) is 67.6 Å². The molecule has 0 bridgehead atoms. The van der Waals surface area contributed by atoms with Crippen molar-refractivity contribution in [2.45, 2.75) is 26.9 Å². The number of hydrogen-bond donors (Lipinski definition) is 1. The first kappa shape index (κ1) is 18.7. The summed E-state index contributed by atoms with van der Waals surface area (Å²) in [7, 11) is 1.57. The van der Waals surface area contributed by atoms with Gasteiger partial charge in [-0.25, -0.2) is 0 Å². The van der Waals surface area contributed by atoms with E-state index in [9.17, 15) is 10.1 Å².